The summed E-state index contributed by atoms with van der Waals surface area (Å²) in [5.41, 5.74) is 2.44. The number of piperidine rings is 1. The number of halogens is 2. The van der Waals surface area contributed by atoms with Crippen molar-refractivity contribution in [3.05, 3.63) is 108 Å². The average Bonchev–Trinajstić information content (AvgIpc) is 3.43. The van der Waals surface area contributed by atoms with Crippen LogP contribution in [0.5, 0.6) is 11.8 Å². The van der Waals surface area contributed by atoms with Gasteiger partial charge in [-0.1, -0.05) is 60.7 Å². The van der Waals surface area contributed by atoms with Crippen LogP contribution in [0.15, 0.2) is 84.9 Å². The number of aliphatic hydroxyl groups is 1. The second kappa shape index (κ2) is 12.5. The standard InChI is InChI=1S/C34H34F2N2O4/c35-29-17-26(38-15-13-34(14-16-38)19-27(20-39)42-23-34)18-30(36)32(29)28-11-12-31(40-21-24-7-3-1-4-8-24)37-33(28)41-22-25-9-5-2-6-10-25/h1-12,17-18,27,39H,13-16,19-23H2. The fourth-order valence-electron chi connectivity index (χ4n) is 5.86. The van der Waals surface area contributed by atoms with Gasteiger partial charge in [-0.3, -0.25) is 0 Å². The van der Waals surface area contributed by atoms with Crippen LogP contribution in [0.4, 0.5) is 14.5 Å². The molecule has 0 saturated carbocycles. The van der Waals surface area contributed by atoms with E-state index in [4.69, 9.17) is 14.2 Å². The number of anilines is 1. The van der Waals surface area contributed by atoms with Crippen LogP contribution in [-0.4, -0.2) is 42.5 Å². The molecule has 0 amide bonds. The van der Waals surface area contributed by atoms with Crippen molar-refractivity contribution in [2.45, 2.75) is 38.6 Å². The molecule has 3 aromatic carbocycles. The van der Waals surface area contributed by atoms with E-state index in [0.29, 0.717) is 37.9 Å². The molecule has 1 unspecified atom stereocenters. The number of hydrogen-bond acceptors (Lipinski definition) is 6. The van der Waals surface area contributed by atoms with Crippen LogP contribution < -0.4 is 14.4 Å². The molecule has 6 rings (SSSR count). The van der Waals surface area contributed by atoms with Crippen molar-refractivity contribution in [1.29, 1.82) is 0 Å². The Morgan fingerprint density at radius 2 is 1.48 bits per heavy atom. The Morgan fingerprint density at radius 3 is 2.07 bits per heavy atom. The van der Waals surface area contributed by atoms with Crippen molar-refractivity contribution >= 4 is 5.69 Å². The highest BCUT2D eigenvalue weighted by molar-refractivity contribution is 5.72. The molecule has 42 heavy (non-hydrogen) atoms. The van der Waals surface area contributed by atoms with Gasteiger partial charge in [-0.25, -0.2) is 8.78 Å². The largest absolute Gasteiger partial charge is 0.473 e. The van der Waals surface area contributed by atoms with E-state index in [9.17, 15) is 5.11 Å². The molecule has 2 aliphatic rings. The molecular formula is C34H34F2N2O4. The molecule has 1 atom stereocenters. The van der Waals surface area contributed by atoms with Gasteiger partial charge in [-0.2, -0.15) is 4.98 Å². The highest BCUT2D eigenvalue weighted by Crippen LogP contribution is 2.43. The minimum absolute atomic E-state index is 0.0232. The van der Waals surface area contributed by atoms with Crippen LogP contribution in [-0.2, 0) is 18.0 Å². The van der Waals surface area contributed by atoms with Crippen LogP contribution in [0.25, 0.3) is 11.1 Å². The fraction of sp³-hybridized carbons (Fsp3) is 0.324. The Bertz CT molecular complexity index is 1470. The van der Waals surface area contributed by atoms with E-state index in [0.717, 1.165) is 30.4 Å². The lowest BCUT2D eigenvalue weighted by Gasteiger charge is -2.39. The molecule has 1 N–H and O–H groups in total. The van der Waals surface area contributed by atoms with Crippen molar-refractivity contribution in [3.8, 4) is 22.9 Å². The molecule has 4 aromatic rings. The number of rotatable bonds is 9. The molecule has 0 aliphatic carbocycles. The Hall–Kier alpha value is -4.01. The molecule has 0 radical (unpaired) electrons. The number of pyridine rings is 1. The molecule has 218 valence electrons. The maximum atomic E-state index is 15.7. The first-order valence-corrected chi connectivity index (χ1v) is 14.3. The number of ether oxygens (including phenoxy) is 3. The van der Waals surface area contributed by atoms with Crippen LogP contribution in [0, 0.1) is 17.0 Å². The van der Waals surface area contributed by atoms with Gasteiger partial charge in [-0.15, -0.1) is 0 Å². The summed E-state index contributed by atoms with van der Waals surface area (Å²) in [7, 11) is 0. The second-order valence-corrected chi connectivity index (χ2v) is 11.1. The Labute approximate surface area is 244 Å². The summed E-state index contributed by atoms with van der Waals surface area (Å²) in [5.74, 6) is -0.975. The fourth-order valence-corrected chi connectivity index (χ4v) is 5.86. The van der Waals surface area contributed by atoms with E-state index in [1.807, 2.05) is 65.6 Å². The van der Waals surface area contributed by atoms with Gasteiger partial charge in [0.15, 0.2) is 0 Å². The molecule has 3 heterocycles. The van der Waals surface area contributed by atoms with E-state index < -0.39 is 11.6 Å². The normalized spacial score (nSPS) is 17.9. The highest BCUT2D eigenvalue weighted by atomic mass is 19.1. The zero-order chi connectivity index (χ0) is 28.9. The first kappa shape index (κ1) is 28.1. The van der Waals surface area contributed by atoms with E-state index >= 15 is 8.78 Å². The lowest BCUT2D eigenvalue weighted by atomic mass is 9.76. The lowest BCUT2D eigenvalue weighted by molar-refractivity contribution is 0.0506. The van der Waals surface area contributed by atoms with Gasteiger partial charge < -0.3 is 24.2 Å². The van der Waals surface area contributed by atoms with Crippen molar-refractivity contribution in [1.82, 2.24) is 4.98 Å². The predicted octanol–water partition coefficient (Wildman–Crippen LogP) is 6.55. The number of aromatic nitrogens is 1. The molecule has 0 bridgehead atoms. The quantitative estimate of drug-likeness (QED) is 0.245. The van der Waals surface area contributed by atoms with Gasteiger partial charge >= 0.3 is 0 Å². The van der Waals surface area contributed by atoms with E-state index in [-0.39, 0.29) is 41.7 Å². The van der Waals surface area contributed by atoms with Crippen LogP contribution in [0.3, 0.4) is 0 Å². The Morgan fingerprint density at radius 1 is 0.857 bits per heavy atom. The molecule has 1 spiro atoms. The van der Waals surface area contributed by atoms with Gasteiger partial charge in [0.2, 0.25) is 11.8 Å². The lowest BCUT2D eigenvalue weighted by Crippen LogP contribution is -2.40. The third kappa shape index (κ3) is 6.25. The highest BCUT2D eigenvalue weighted by Gasteiger charge is 2.42. The number of aliphatic hydroxyl groups excluding tert-OH is 1. The van der Waals surface area contributed by atoms with Crippen LogP contribution >= 0.6 is 0 Å². The maximum absolute atomic E-state index is 15.7. The van der Waals surface area contributed by atoms with Crippen molar-refractivity contribution in [3.63, 3.8) is 0 Å². The number of nitrogens with zero attached hydrogens (tertiary/aromatic N) is 2. The first-order valence-electron chi connectivity index (χ1n) is 14.3. The molecule has 2 aliphatic heterocycles. The summed E-state index contributed by atoms with van der Waals surface area (Å²) in [4.78, 5) is 6.52. The minimum atomic E-state index is -0.681. The maximum Gasteiger partial charge on any atom is 0.225 e. The Kier molecular flexibility index (Phi) is 8.35. The van der Waals surface area contributed by atoms with E-state index in [1.54, 1.807) is 12.1 Å². The molecule has 1 aromatic heterocycles. The first-order chi connectivity index (χ1) is 20.5. The average molecular weight is 573 g/mol. The van der Waals surface area contributed by atoms with E-state index in [2.05, 4.69) is 4.98 Å². The van der Waals surface area contributed by atoms with Crippen LogP contribution in [0.1, 0.15) is 30.4 Å². The Balaban J connectivity index is 1.24. The molecule has 2 saturated heterocycles. The van der Waals surface area contributed by atoms with Crippen molar-refractivity contribution in [2.24, 2.45) is 5.41 Å². The summed E-state index contributed by atoms with van der Waals surface area (Å²) < 4.78 is 49.1. The van der Waals surface area contributed by atoms with Crippen molar-refractivity contribution < 1.29 is 28.1 Å². The number of benzene rings is 3. The molecular weight excluding hydrogens is 538 g/mol. The molecule has 2 fully saturated rings. The molecule has 6 nitrogen and oxygen atoms in total. The zero-order valence-corrected chi connectivity index (χ0v) is 23.3. The van der Waals surface area contributed by atoms with Gasteiger partial charge in [-0.05, 0) is 54.0 Å². The SMILES string of the molecule is OCC1CC2(CCN(c3cc(F)c(-c4ccc(OCc5ccccc5)nc4OCc4ccccc4)c(F)c3)CC2)CO1. The summed E-state index contributed by atoms with van der Waals surface area (Å²) >= 11 is 0. The van der Waals surface area contributed by atoms with Gasteiger partial charge in [0.1, 0.15) is 24.8 Å². The third-order valence-corrected chi connectivity index (χ3v) is 8.26. The van der Waals surface area contributed by atoms with Gasteiger partial charge in [0.05, 0.1) is 30.4 Å². The van der Waals surface area contributed by atoms with Gasteiger partial charge in [0.25, 0.3) is 0 Å². The summed E-state index contributed by atoms with van der Waals surface area (Å²) in [5, 5.41) is 9.45. The molecule has 8 heteroatoms. The van der Waals surface area contributed by atoms with Crippen molar-refractivity contribution in [2.75, 3.05) is 31.2 Å². The summed E-state index contributed by atoms with van der Waals surface area (Å²) in [6, 6.07) is 25.2. The van der Waals surface area contributed by atoms with E-state index in [1.165, 1.54) is 12.1 Å². The predicted molar refractivity (Wildman–Crippen MR) is 156 cm³/mol. The number of hydrogen-bond donors (Lipinski definition) is 1. The minimum Gasteiger partial charge on any atom is -0.473 e. The second-order valence-electron chi connectivity index (χ2n) is 11.1. The summed E-state index contributed by atoms with van der Waals surface area (Å²) in [6.45, 7) is 2.46. The third-order valence-electron chi connectivity index (χ3n) is 8.26. The topological polar surface area (TPSA) is 64.1 Å². The van der Waals surface area contributed by atoms with Crippen LogP contribution in [0.2, 0.25) is 0 Å². The smallest absolute Gasteiger partial charge is 0.225 e. The zero-order valence-electron chi connectivity index (χ0n) is 23.3. The summed E-state index contributed by atoms with van der Waals surface area (Å²) in [6.07, 6.45) is 2.40. The van der Waals surface area contributed by atoms with Gasteiger partial charge in [0, 0.05) is 24.8 Å². The monoisotopic (exact) mass is 572 g/mol.